The van der Waals surface area contributed by atoms with Gasteiger partial charge in [0.1, 0.15) is 11.4 Å². The van der Waals surface area contributed by atoms with E-state index in [-0.39, 0.29) is 11.7 Å². The van der Waals surface area contributed by atoms with Crippen LogP contribution in [0.4, 0.5) is 15.8 Å². The Kier molecular flexibility index (Phi) is 5.71. The molecule has 2 atom stereocenters. The summed E-state index contributed by atoms with van der Waals surface area (Å²) in [5.41, 5.74) is 8.06. The first-order valence-electron chi connectivity index (χ1n) is 10.9. The Hall–Kier alpha value is -2.93. The highest BCUT2D eigenvalue weighted by atomic mass is 19.1. The third kappa shape index (κ3) is 3.90. The van der Waals surface area contributed by atoms with Crippen LogP contribution in [-0.2, 0) is 16.8 Å². The minimum atomic E-state index is -0.907. The van der Waals surface area contributed by atoms with Crippen LogP contribution in [0.15, 0.2) is 36.4 Å². The second-order valence-electron chi connectivity index (χ2n) is 8.65. The lowest BCUT2D eigenvalue weighted by Gasteiger charge is -2.42. The Labute approximate surface area is 182 Å². The van der Waals surface area contributed by atoms with Crippen molar-refractivity contribution >= 4 is 23.2 Å². The molecular formula is C24H29FN4O2. The Morgan fingerprint density at radius 3 is 2.74 bits per heavy atom. The predicted molar refractivity (Wildman–Crippen MR) is 120 cm³/mol. The number of amides is 2. The molecule has 2 heterocycles. The summed E-state index contributed by atoms with van der Waals surface area (Å²) in [5, 5.41) is 6.15. The molecule has 0 radical (unpaired) electrons. The Morgan fingerprint density at radius 2 is 2.06 bits per heavy atom. The van der Waals surface area contributed by atoms with E-state index in [4.69, 9.17) is 5.73 Å². The quantitative estimate of drug-likeness (QED) is 0.663. The van der Waals surface area contributed by atoms with Gasteiger partial charge in [-0.15, -0.1) is 0 Å². The maximum atomic E-state index is 14.4. The van der Waals surface area contributed by atoms with Crippen LogP contribution < -0.4 is 16.4 Å². The van der Waals surface area contributed by atoms with Gasteiger partial charge < -0.3 is 16.4 Å². The average molecular weight is 425 g/mol. The number of nitrogens with one attached hydrogen (secondary N) is 2. The van der Waals surface area contributed by atoms with Crippen molar-refractivity contribution in [1.29, 1.82) is 0 Å². The van der Waals surface area contributed by atoms with Crippen LogP contribution in [-0.4, -0.2) is 36.3 Å². The number of nitrogens with zero attached hydrogens (tertiary/aromatic N) is 1. The molecule has 0 spiro atoms. The predicted octanol–water partition coefficient (Wildman–Crippen LogP) is 3.48. The van der Waals surface area contributed by atoms with Crippen molar-refractivity contribution in [3.63, 3.8) is 0 Å². The maximum absolute atomic E-state index is 14.4. The van der Waals surface area contributed by atoms with Gasteiger partial charge in [-0.2, -0.15) is 0 Å². The number of likely N-dealkylation sites (tertiary alicyclic amines) is 1. The average Bonchev–Trinajstić information content (AvgIpc) is 3.00. The highest BCUT2D eigenvalue weighted by molar-refractivity contribution is 6.08. The molecule has 4 rings (SSSR count). The normalized spacial score (nSPS) is 23.3. The molecule has 2 amide bonds. The zero-order valence-corrected chi connectivity index (χ0v) is 18.0. The summed E-state index contributed by atoms with van der Waals surface area (Å²) in [4.78, 5) is 26.6. The first kappa shape index (κ1) is 21.3. The lowest BCUT2D eigenvalue weighted by Crippen LogP contribution is -2.53. The van der Waals surface area contributed by atoms with Gasteiger partial charge in [0.2, 0.25) is 11.8 Å². The molecule has 4 N–H and O–H groups in total. The number of carbonyl (C=O) groups is 2. The van der Waals surface area contributed by atoms with Gasteiger partial charge >= 0.3 is 0 Å². The van der Waals surface area contributed by atoms with Crippen LogP contribution in [0.3, 0.4) is 0 Å². The monoisotopic (exact) mass is 424 g/mol. The molecule has 164 valence electrons. The molecular weight excluding hydrogens is 395 g/mol. The minimum Gasteiger partial charge on any atom is -0.384 e. The third-order valence-electron chi connectivity index (χ3n) is 6.59. The SMILES string of the molecule is CCNc1cc(F)cc2c1NC(=O)C2(C)N1CCC[C@@H](Cc2ccc(C(N)=O)cc2)C1. The fourth-order valence-electron chi connectivity index (χ4n) is 4.90. The summed E-state index contributed by atoms with van der Waals surface area (Å²) in [6.07, 6.45) is 2.88. The summed E-state index contributed by atoms with van der Waals surface area (Å²) in [5.74, 6) is -0.527. The van der Waals surface area contributed by atoms with Crippen molar-refractivity contribution in [3.05, 3.63) is 58.9 Å². The number of piperidine rings is 1. The number of benzene rings is 2. The molecule has 7 heteroatoms. The molecule has 2 aliphatic heterocycles. The highest BCUT2D eigenvalue weighted by Gasteiger charge is 2.49. The summed E-state index contributed by atoms with van der Waals surface area (Å²) >= 11 is 0. The molecule has 1 unspecified atom stereocenters. The van der Waals surface area contributed by atoms with Crippen LogP contribution in [0.25, 0.3) is 0 Å². The molecule has 0 aliphatic carbocycles. The van der Waals surface area contributed by atoms with Crippen molar-refractivity contribution in [2.45, 2.75) is 38.6 Å². The van der Waals surface area contributed by atoms with E-state index in [1.54, 1.807) is 12.1 Å². The van der Waals surface area contributed by atoms with Crippen LogP contribution >= 0.6 is 0 Å². The molecule has 31 heavy (non-hydrogen) atoms. The summed E-state index contributed by atoms with van der Waals surface area (Å²) in [6.45, 7) is 6.01. The standard InChI is InChI=1S/C24H29FN4O2/c1-3-27-20-13-18(25)12-19-21(20)28-23(31)24(19,2)29-10-4-5-16(14-29)11-15-6-8-17(9-7-15)22(26)30/h6-9,12-13,16,27H,3-5,10-11,14H2,1-2H3,(H2,26,30)(H,28,31)/t16-,24?/m0/s1. The minimum absolute atomic E-state index is 0.112. The van der Waals surface area contributed by atoms with E-state index in [2.05, 4.69) is 15.5 Å². The lowest BCUT2D eigenvalue weighted by atomic mass is 9.84. The molecule has 6 nitrogen and oxygen atoms in total. The third-order valence-corrected chi connectivity index (χ3v) is 6.59. The van der Waals surface area contributed by atoms with Crippen LogP contribution in [0.5, 0.6) is 0 Å². The fraction of sp³-hybridized carbons (Fsp3) is 0.417. The second-order valence-corrected chi connectivity index (χ2v) is 8.65. The lowest BCUT2D eigenvalue weighted by molar-refractivity contribution is -0.128. The first-order chi connectivity index (χ1) is 14.8. The first-order valence-corrected chi connectivity index (χ1v) is 10.9. The van der Waals surface area contributed by atoms with E-state index in [0.717, 1.165) is 37.9 Å². The highest BCUT2D eigenvalue weighted by Crippen LogP contribution is 2.46. The molecule has 0 bridgehead atoms. The number of halogens is 1. The molecule has 0 aromatic heterocycles. The van der Waals surface area contributed by atoms with Crippen LogP contribution in [0.2, 0.25) is 0 Å². The number of carbonyl (C=O) groups excluding carboxylic acids is 2. The number of nitrogens with two attached hydrogens (primary N) is 1. The zero-order valence-electron chi connectivity index (χ0n) is 18.0. The number of hydrogen-bond acceptors (Lipinski definition) is 4. The van der Waals surface area contributed by atoms with Crippen molar-refractivity contribution < 1.29 is 14.0 Å². The van der Waals surface area contributed by atoms with Gasteiger partial charge in [-0.05, 0) is 75.4 Å². The fourth-order valence-corrected chi connectivity index (χ4v) is 4.90. The maximum Gasteiger partial charge on any atom is 0.249 e. The number of fused-ring (bicyclic) bond motifs is 1. The topological polar surface area (TPSA) is 87.5 Å². The van der Waals surface area contributed by atoms with Gasteiger partial charge in [0.25, 0.3) is 0 Å². The van der Waals surface area contributed by atoms with E-state index >= 15 is 0 Å². The van der Waals surface area contributed by atoms with Gasteiger partial charge in [-0.25, -0.2) is 4.39 Å². The van der Waals surface area contributed by atoms with Gasteiger partial charge in [-0.1, -0.05) is 12.1 Å². The molecule has 2 aromatic rings. The van der Waals surface area contributed by atoms with Crippen molar-refractivity contribution in [2.24, 2.45) is 11.7 Å². The zero-order chi connectivity index (χ0) is 22.2. The molecule has 1 saturated heterocycles. The number of anilines is 2. The van der Waals surface area contributed by atoms with Crippen molar-refractivity contribution in [3.8, 4) is 0 Å². The number of hydrogen-bond donors (Lipinski definition) is 3. The van der Waals surface area contributed by atoms with Gasteiger partial charge in [-0.3, -0.25) is 14.5 Å². The molecule has 2 aromatic carbocycles. The van der Waals surface area contributed by atoms with E-state index in [1.807, 2.05) is 26.0 Å². The van der Waals surface area contributed by atoms with E-state index in [9.17, 15) is 14.0 Å². The van der Waals surface area contributed by atoms with Gasteiger partial charge in [0.05, 0.1) is 11.4 Å². The van der Waals surface area contributed by atoms with Crippen molar-refractivity contribution in [2.75, 3.05) is 30.3 Å². The largest absolute Gasteiger partial charge is 0.384 e. The molecule has 0 saturated carbocycles. The van der Waals surface area contributed by atoms with E-state index in [1.165, 1.54) is 12.1 Å². The van der Waals surface area contributed by atoms with E-state index < -0.39 is 11.4 Å². The summed E-state index contributed by atoms with van der Waals surface area (Å²) in [6, 6.07) is 10.3. The summed E-state index contributed by atoms with van der Waals surface area (Å²) in [7, 11) is 0. The van der Waals surface area contributed by atoms with Gasteiger partial charge in [0, 0.05) is 24.2 Å². The Balaban J connectivity index is 1.57. The van der Waals surface area contributed by atoms with E-state index in [0.29, 0.717) is 35.0 Å². The second kappa shape index (κ2) is 8.30. The van der Waals surface area contributed by atoms with Crippen LogP contribution in [0, 0.1) is 11.7 Å². The Morgan fingerprint density at radius 1 is 1.32 bits per heavy atom. The van der Waals surface area contributed by atoms with Crippen molar-refractivity contribution in [1.82, 2.24) is 4.90 Å². The molecule has 2 aliphatic rings. The smallest absolute Gasteiger partial charge is 0.249 e. The van der Waals surface area contributed by atoms with Gasteiger partial charge in [0.15, 0.2) is 0 Å². The van der Waals surface area contributed by atoms with Crippen LogP contribution in [0.1, 0.15) is 48.2 Å². The molecule has 1 fully saturated rings. The number of rotatable bonds is 6. The summed E-state index contributed by atoms with van der Waals surface area (Å²) < 4.78 is 14.4. The number of primary amides is 1. The Bertz CT molecular complexity index is 1010.